The molecule has 0 aliphatic carbocycles. The Kier molecular flexibility index (Phi) is 5.10. The third-order valence-electron chi connectivity index (χ3n) is 2.38. The van der Waals surface area contributed by atoms with Gasteiger partial charge in [0.05, 0.1) is 6.61 Å². The highest BCUT2D eigenvalue weighted by atomic mass is 35.5. The second-order valence-corrected chi connectivity index (χ2v) is 4.05. The van der Waals surface area contributed by atoms with Gasteiger partial charge in [-0.2, -0.15) is 0 Å². The fraction of sp³-hybridized carbons (Fsp3) is 0.778. The van der Waals surface area contributed by atoms with Crippen LogP contribution in [0.25, 0.3) is 0 Å². The average molecular weight is 224 g/mol. The lowest BCUT2D eigenvalue weighted by atomic mass is 10.0. The van der Waals surface area contributed by atoms with Crippen molar-refractivity contribution in [2.24, 2.45) is 5.92 Å². The van der Waals surface area contributed by atoms with Gasteiger partial charge in [0.15, 0.2) is 0 Å². The summed E-state index contributed by atoms with van der Waals surface area (Å²) in [6.45, 7) is 4.53. The highest BCUT2D eigenvalue weighted by Gasteiger charge is 2.21. The molecule has 1 saturated heterocycles. The molecule has 0 amide bonds. The molecule has 76 valence electrons. The Hall–Kier alpha value is 0.240. The zero-order valence-electron chi connectivity index (χ0n) is 7.72. The summed E-state index contributed by atoms with van der Waals surface area (Å²) in [5.41, 5.74) is 1.40. The Morgan fingerprint density at radius 2 is 2.54 bits per heavy atom. The molecule has 2 atom stereocenters. The summed E-state index contributed by atoms with van der Waals surface area (Å²) in [6.07, 6.45) is 1.14. The van der Waals surface area contributed by atoms with Crippen molar-refractivity contribution < 1.29 is 4.74 Å². The van der Waals surface area contributed by atoms with E-state index < -0.39 is 0 Å². The van der Waals surface area contributed by atoms with Crippen molar-refractivity contribution in [2.45, 2.75) is 19.4 Å². The molecule has 0 aromatic rings. The molecule has 1 heterocycles. The van der Waals surface area contributed by atoms with E-state index in [1.54, 1.807) is 0 Å². The van der Waals surface area contributed by atoms with E-state index in [9.17, 15) is 0 Å². The third-order valence-corrected chi connectivity index (χ3v) is 3.00. The van der Waals surface area contributed by atoms with Gasteiger partial charge in [-0.25, -0.2) is 0 Å². The van der Waals surface area contributed by atoms with Crippen LogP contribution in [0.1, 0.15) is 13.3 Å². The van der Waals surface area contributed by atoms with E-state index in [0.29, 0.717) is 23.5 Å². The van der Waals surface area contributed by atoms with Crippen LogP contribution >= 0.6 is 23.2 Å². The summed E-state index contributed by atoms with van der Waals surface area (Å²) < 4.78 is 5.30. The van der Waals surface area contributed by atoms with E-state index in [2.05, 4.69) is 12.2 Å². The predicted octanol–water partition coefficient (Wildman–Crippen LogP) is 2.32. The molecular formula is C9H15Cl2NO. The molecule has 4 heteroatoms. The number of hydrogen-bond acceptors (Lipinski definition) is 2. The van der Waals surface area contributed by atoms with Gasteiger partial charge >= 0.3 is 0 Å². The van der Waals surface area contributed by atoms with Crippen molar-refractivity contribution in [2.75, 3.05) is 19.8 Å². The van der Waals surface area contributed by atoms with Gasteiger partial charge in [-0.15, -0.1) is 0 Å². The minimum atomic E-state index is 0.438. The predicted molar refractivity (Wildman–Crippen MR) is 56.2 cm³/mol. The van der Waals surface area contributed by atoms with Gasteiger partial charge in [-0.05, 0) is 19.3 Å². The quantitative estimate of drug-likeness (QED) is 0.791. The van der Waals surface area contributed by atoms with E-state index in [1.165, 1.54) is 5.54 Å². The van der Waals surface area contributed by atoms with Crippen molar-refractivity contribution in [1.29, 1.82) is 0 Å². The van der Waals surface area contributed by atoms with E-state index in [1.807, 2.05) is 0 Å². The van der Waals surface area contributed by atoms with Gasteiger partial charge in [0.1, 0.15) is 0 Å². The summed E-state index contributed by atoms with van der Waals surface area (Å²) >= 11 is 11.2. The zero-order valence-corrected chi connectivity index (χ0v) is 9.24. The van der Waals surface area contributed by atoms with Crippen molar-refractivity contribution >= 4 is 23.2 Å². The van der Waals surface area contributed by atoms with Crippen molar-refractivity contribution in [3.8, 4) is 0 Å². The fourth-order valence-electron chi connectivity index (χ4n) is 1.41. The summed E-state index contributed by atoms with van der Waals surface area (Å²) in [5, 5.41) is 3.96. The maximum absolute atomic E-state index is 5.75. The van der Waals surface area contributed by atoms with Crippen LogP contribution in [-0.4, -0.2) is 25.8 Å². The molecule has 2 unspecified atom stereocenters. The van der Waals surface area contributed by atoms with Crippen LogP contribution < -0.4 is 5.32 Å². The van der Waals surface area contributed by atoms with E-state index in [-0.39, 0.29) is 0 Å². The second kappa shape index (κ2) is 5.86. The first kappa shape index (κ1) is 11.3. The first-order valence-electron chi connectivity index (χ1n) is 4.50. The monoisotopic (exact) mass is 223 g/mol. The molecule has 1 aliphatic rings. The highest BCUT2D eigenvalue weighted by molar-refractivity contribution is 6.36. The van der Waals surface area contributed by atoms with Crippen LogP contribution in [0.3, 0.4) is 0 Å². The van der Waals surface area contributed by atoms with Crippen molar-refractivity contribution in [3.05, 3.63) is 10.6 Å². The first-order chi connectivity index (χ1) is 6.24. The lowest BCUT2D eigenvalue weighted by Gasteiger charge is -2.18. The number of rotatable bonds is 4. The number of nitrogens with one attached hydrogen (secondary N) is 1. The maximum atomic E-state index is 5.75. The number of halogens is 2. The summed E-state index contributed by atoms with van der Waals surface area (Å²) in [6, 6.07) is 0.438. The Morgan fingerprint density at radius 3 is 3.08 bits per heavy atom. The first-order valence-corrected chi connectivity index (χ1v) is 5.31. The van der Waals surface area contributed by atoms with Crippen LogP contribution in [0.15, 0.2) is 10.6 Å². The maximum Gasteiger partial charge on any atom is 0.0509 e. The number of hydrogen-bond donors (Lipinski definition) is 1. The third kappa shape index (κ3) is 3.86. The Balaban J connectivity index is 2.20. The standard InChI is InChI=1S/C9H15Cl2NO/c1-7(8-2-3-13-6-8)12-5-9(11)4-10/h4,7-8,12H,2-3,5-6H2,1H3. The smallest absolute Gasteiger partial charge is 0.0509 e. The molecule has 13 heavy (non-hydrogen) atoms. The van der Waals surface area contributed by atoms with Gasteiger partial charge in [0.2, 0.25) is 0 Å². The van der Waals surface area contributed by atoms with Crippen LogP contribution in [0, 0.1) is 5.92 Å². The zero-order chi connectivity index (χ0) is 9.68. The Morgan fingerprint density at radius 1 is 1.77 bits per heavy atom. The van der Waals surface area contributed by atoms with E-state index in [0.717, 1.165) is 19.6 Å². The van der Waals surface area contributed by atoms with Crippen LogP contribution in [0.5, 0.6) is 0 Å². The van der Waals surface area contributed by atoms with Crippen molar-refractivity contribution in [1.82, 2.24) is 5.32 Å². The Labute approximate surface area is 89.2 Å². The Bertz CT molecular complexity index is 178. The van der Waals surface area contributed by atoms with Crippen LogP contribution in [0.4, 0.5) is 0 Å². The molecule has 2 nitrogen and oxygen atoms in total. The van der Waals surface area contributed by atoms with Crippen LogP contribution in [0.2, 0.25) is 0 Å². The molecule has 0 aromatic carbocycles. The molecule has 1 rings (SSSR count). The average Bonchev–Trinajstić information content (AvgIpc) is 2.66. The van der Waals surface area contributed by atoms with Crippen LogP contribution in [-0.2, 0) is 4.74 Å². The minimum absolute atomic E-state index is 0.438. The van der Waals surface area contributed by atoms with Gasteiger partial charge in [0, 0.05) is 29.8 Å². The normalized spacial score (nSPS) is 26.4. The van der Waals surface area contributed by atoms with Gasteiger partial charge in [-0.3, -0.25) is 0 Å². The molecule has 0 saturated carbocycles. The van der Waals surface area contributed by atoms with E-state index >= 15 is 0 Å². The lowest BCUT2D eigenvalue weighted by Crippen LogP contribution is -2.34. The molecule has 0 spiro atoms. The minimum Gasteiger partial charge on any atom is -0.381 e. The van der Waals surface area contributed by atoms with E-state index in [4.69, 9.17) is 27.9 Å². The molecular weight excluding hydrogens is 209 g/mol. The molecule has 1 aliphatic heterocycles. The summed E-state index contributed by atoms with van der Waals surface area (Å²) in [7, 11) is 0. The number of ether oxygens (including phenoxy) is 1. The molecule has 1 fully saturated rings. The van der Waals surface area contributed by atoms with Crippen molar-refractivity contribution in [3.63, 3.8) is 0 Å². The lowest BCUT2D eigenvalue weighted by molar-refractivity contribution is 0.179. The highest BCUT2D eigenvalue weighted by Crippen LogP contribution is 2.16. The fourth-order valence-corrected chi connectivity index (χ4v) is 1.57. The molecule has 0 bridgehead atoms. The summed E-state index contributed by atoms with van der Waals surface area (Å²) in [5.74, 6) is 0.611. The van der Waals surface area contributed by atoms with Gasteiger partial charge in [-0.1, -0.05) is 23.2 Å². The topological polar surface area (TPSA) is 21.3 Å². The summed E-state index contributed by atoms with van der Waals surface area (Å²) in [4.78, 5) is 0. The largest absolute Gasteiger partial charge is 0.381 e. The molecule has 0 radical (unpaired) electrons. The SMILES string of the molecule is CC(NCC(Cl)=CCl)C1CCOC1. The second-order valence-electron chi connectivity index (χ2n) is 3.35. The van der Waals surface area contributed by atoms with Gasteiger partial charge < -0.3 is 10.1 Å². The van der Waals surface area contributed by atoms with Gasteiger partial charge in [0.25, 0.3) is 0 Å². The molecule has 0 aromatic heterocycles. The molecule has 1 N–H and O–H groups in total.